The molecule has 0 spiro atoms. The summed E-state index contributed by atoms with van der Waals surface area (Å²) >= 11 is 0. The van der Waals surface area contributed by atoms with E-state index in [2.05, 4.69) is 0 Å². The summed E-state index contributed by atoms with van der Waals surface area (Å²) in [6.07, 6.45) is 1.62. The lowest BCUT2D eigenvalue weighted by molar-refractivity contribution is 0.466. The van der Waals surface area contributed by atoms with E-state index in [-0.39, 0.29) is 5.76 Å². The smallest absolute Gasteiger partial charge is 0.370 e. The SMILES string of the molecule is NS(=O)(=O)OC(=Cc1ccccc1)c1ccccc1. The topological polar surface area (TPSA) is 69.4 Å². The third kappa shape index (κ3) is 4.24. The van der Waals surface area contributed by atoms with Gasteiger partial charge < -0.3 is 4.18 Å². The molecule has 0 saturated heterocycles. The van der Waals surface area contributed by atoms with E-state index in [0.29, 0.717) is 5.56 Å². The van der Waals surface area contributed by atoms with E-state index >= 15 is 0 Å². The summed E-state index contributed by atoms with van der Waals surface area (Å²) in [5.41, 5.74) is 1.46. The molecular formula is C14H13NO3S. The third-order valence-corrected chi connectivity index (χ3v) is 2.77. The van der Waals surface area contributed by atoms with Gasteiger partial charge in [0.1, 0.15) is 0 Å². The van der Waals surface area contributed by atoms with Crippen LogP contribution in [0.25, 0.3) is 11.8 Å². The first kappa shape index (κ1) is 13.3. The van der Waals surface area contributed by atoms with Gasteiger partial charge in [-0.1, -0.05) is 60.7 Å². The van der Waals surface area contributed by atoms with Crippen LogP contribution in [0.4, 0.5) is 0 Å². The Morgan fingerprint density at radius 1 is 0.947 bits per heavy atom. The molecule has 0 atom stereocenters. The molecule has 5 heteroatoms. The molecule has 0 fully saturated rings. The zero-order valence-electron chi connectivity index (χ0n) is 10.1. The molecule has 0 radical (unpaired) electrons. The lowest BCUT2D eigenvalue weighted by Crippen LogP contribution is -2.15. The summed E-state index contributed by atoms with van der Waals surface area (Å²) in [4.78, 5) is 0. The minimum atomic E-state index is -4.06. The third-order valence-electron chi connectivity index (χ3n) is 2.36. The maximum atomic E-state index is 11.1. The minimum Gasteiger partial charge on any atom is -0.370 e. The van der Waals surface area contributed by atoms with Gasteiger partial charge in [-0.15, -0.1) is 0 Å². The monoisotopic (exact) mass is 275 g/mol. The van der Waals surface area contributed by atoms with Crippen molar-refractivity contribution in [2.45, 2.75) is 0 Å². The molecule has 0 unspecified atom stereocenters. The van der Waals surface area contributed by atoms with Crippen LogP contribution in [0, 0.1) is 0 Å². The molecule has 0 aromatic heterocycles. The van der Waals surface area contributed by atoms with Gasteiger partial charge in [0.05, 0.1) is 0 Å². The van der Waals surface area contributed by atoms with Crippen LogP contribution in [-0.4, -0.2) is 8.42 Å². The van der Waals surface area contributed by atoms with Crippen molar-refractivity contribution in [2.24, 2.45) is 5.14 Å². The first-order valence-corrected chi connectivity index (χ1v) is 7.06. The van der Waals surface area contributed by atoms with E-state index in [0.717, 1.165) is 5.56 Å². The van der Waals surface area contributed by atoms with Crippen molar-refractivity contribution in [3.8, 4) is 0 Å². The van der Waals surface area contributed by atoms with E-state index in [4.69, 9.17) is 9.32 Å². The Balaban J connectivity index is 2.44. The van der Waals surface area contributed by atoms with Crippen molar-refractivity contribution in [2.75, 3.05) is 0 Å². The average Bonchev–Trinajstić information content (AvgIpc) is 2.39. The Hall–Kier alpha value is -2.11. The second kappa shape index (κ2) is 5.69. The van der Waals surface area contributed by atoms with Crippen molar-refractivity contribution >= 4 is 22.1 Å². The lowest BCUT2D eigenvalue weighted by Gasteiger charge is -2.08. The van der Waals surface area contributed by atoms with Crippen molar-refractivity contribution in [3.63, 3.8) is 0 Å². The Bertz CT molecular complexity index is 664. The molecule has 0 heterocycles. The fraction of sp³-hybridized carbons (Fsp3) is 0. The van der Waals surface area contributed by atoms with Crippen LogP contribution in [0.2, 0.25) is 0 Å². The Kier molecular flexibility index (Phi) is 3.99. The largest absolute Gasteiger partial charge is 0.380 e. The van der Waals surface area contributed by atoms with Crippen molar-refractivity contribution in [1.29, 1.82) is 0 Å². The maximum Gasteiger partial charge on any atom is 0.380 e. The normalized spacial score (nSPS) is 12.2. The summed E-state index contributed by atoms with van der Waals surface area (Å²) in [6, 6.07) is 18.2. The van der Waals surface area contributed by atoms with Gasteiger partial charge in [-0.2, -0.15) is 13.6 Å². The molecule has 4 nitrogen and oxygen atoms in total. The summed E-state index contributed by atoms with van der Waals surface area (Å²) in [6.45, 7) is 0. The molecule has 0 aliphatic rings. The van der Waals surface area contributed by atoms with Crippen LogP contribution < -0.4 is 5.14 Å². The molecule has 2 aromatic rings. The number of rotatable bonds is 4. The summed E-state index contributed by atoms with van der Waals surface area (Å²) < 4.78 is 27.1. The van der Waals surface area contributed by atoms with Gasteiger partial charge >= 0.3 is 10.3 Å². The molecule has 0 saturated carbocycles. The first-order valence-electron chi connectivity index (χ1n) is 5.59. The number of hydrogen-bond acceptors (Lipinski definition) is 3. The van der Waals surface area contributed by atoms with Crippen LogP contribution >= 0.6 is 0 Å². The van der Waals surface area contributed by atoms with Gasteiger partial charge in [-0.25, -0.2) is 0 Å². The highest BCUT2D eigenvalue weighted by Crippen LogP contribution is 2.20. The minimum absolute atomic E-state index is 0.189. The van der Waals surface area contributed by atoms with Crippen LogP contribution in [-0.2, 0) is 14.5 Å². The molecular weight excluding hydrogens is 262 g/mol. The zero-order chi connectivity index (χ0) is 13.7. The highest BCUT2D eigenvalue weighted by atomic mass is 32.2. The maximum absolute atomic E-state index is 11.1. The van der Waals surface area contributed by atoms with E-state index in [1.165, 1.54) is 0 Å². The Labute approximate surface area is 112 Å². The van der Waals surface area contributed by atoms with Gasteiger partial charge in [0.15, 0.2) is 5.76 Å². The number of hydrogen-bond donors (Lipinski definition) is 1. The second-order valence-electron chi connectivity index (χ2n) is 3.86. The fourth-order valence-corrected chi connectivity index (χ4v) is 1.98. The highest BCUT2D eigenvalue weighted by molar-refractivity contribution is 7.84. The van der Waals surface area contributed by atoms with Crippen molar-refractivity contribution in [1.82, 2.24) is 0 Å². The molecule has 2 N–H and O–H groups in total. The second-order valence-corrected chi connectivity index (χ2v) is 5.01. The summed E-state index contributed by atoms with van der Waals surface area (Å²) in [5.74, 6) is 0.189. The van der Waals surface area contributed by atoms with Crippen LogP contribution in [0.1, 0.15) is 11.1 Å². The standard InChI is InChI=1S/C14H13NO3S/c15-19(16,17)18-14(13-9-5-2-6-10-13)11-12-7-3-1-4-8-12/h1-11H,(H2,15,16,17). The predicted octanol–water partition coefficient (Wildman–Crippen LogP) is 2.40. The molecule has 0 aliphatic heterocycles. The van der Waals surface area contributed by atoms with Crippen LogP contribution in [0.15, 0.2) is 60.7 Å². The van der Waals surface area contributed by atoms with Gasteiger partial charge in [0.2, 0.25) is 0 Å². The van der Waals surface area contributed by atoms with E-state index < -0.39 is 10.3 Å². The molecule has 98 valence electrons. The van der Waals surface area contributed by atoms with Crippen LogP contribution in [0.5, 0.6) is 0 Å². The quantitative estimate of drug-likeness (QED) is 0.688. The predicted molar refractivity (Wildman–Crippen MR) is 74.9 cm³/mol. The summed E-state index contributed by atoms with van der Waals surface area (Å²) in [5, 5.41) is 4.94. The van der Waals surface area contributed by atoms with Crippen molar-refractivity contribution < 1.29 is 12.6 Å². The van der Waals surface area contributed by atoms with E-state index in [1.54, 1.807) is 30.3 Å². The number of nitrogens with two attached hydrogens (primary N) is 1. The summed E-state index contributed by atoms with van der Waals surface area (Å²) in [7, 11) is -4.06. The molecule has 2 rings (SSSR count). The molecule has 0 aliphatic carbocycles. The van der Waals surface area contributed by atoms with Gasteiger partial charge in [-0.3, -0.25) is 0 Å². The van der Waals surface area contributed by atoms with E-state index in [1.807, 2.05) is 36.4 Å². The Morgan fingerprint density at radius 2 is 1.47 bits per heavy atom. The molecule has 0 amide bonds. The molecule has 2 aromatic carbocycles. The molecule has 0 bridgehead atoms. The Morgan fingerprint density at radius 3 is 2.00 bits per heavy atom. The van der Waals surface area contributed by atoms with Crippen molar-refractivity contribution in [3.05, 3.63) is 71.8 Å². The zero-order valence-corrected chi connectivity index (χ0v) is 10.9. The lowest BCUT2D eigenvalue weighted by atomic mass is 10.1. The highest BCUT2D eigenvalue weighted by Gasteiger charge is 2.10. The number of benzene rings is 2. The molecule has 19 heavy (non-hydrogen) atoms. The first-order chi connectivity index (χ1) is 9.04. The van der Waals surface area contributed by atoms with E-state index in [9.17, 15) is 8.42 Å². The van der Waals surface area contributed by atoms with Gasteiger partial charge in [0, 0.05) is 5.56 Å². The van der Waals surface area contributed by atoms with Crippen LogP contribution in [0.3, 0.4) is 0 Å². The fourth-order valence-electron chi connectivity index (χ4n) is 1.58. The average molecular weight is 275 g/mol. The van der Waals surface area contributed by atoms with Gasteiger partial charge in [-0.05, 0) is 11.6 Å². The van der Waals surface area contributed by atoms with Gasteiger partial charge in [0.25, 0.3) is 0 Å².